The van der Waals surface area contributed by atoms with Gasteiger partial charge in [0.2, 0.25) is 5.91 Å². The number of ketones is 1. The molecule has 5 heteroatoms. The van der Waals surface area contributed by atoms with E-state index in [2.05, 4.69) is 5.32 Å². The van der Waals surface area contributed by atoms with Crippen LogP contribution in [0.25, 0.3) is 0 Å². The largest absolute Gasteiger partial charge is 0.399 e. The standard InChI is InChI=1S/C19H22N2O2.ClH/c1-12-4-5-13(2)16(10-12)18(22)8-9-19(23)21-17-11-15(20)7-6-14(17)3;/h4-7,10-11H,8-9,20H2,1-3H3,(H,21,23);1H. The number of carbonyl (C=O) groups is 2. The highest BCUT2D eigenvalue weighted by Crippen LogP contribution is 2.19. The number of nitrogen functional groups attached to an aromatic ring is 1. The third kappa shape index (κ3) is 5.10. The molecule has 2 rings (SSSR count). The van der Waals surface area contributed by atoms with Crippen LogP contribution in [0.3, 0.4) is 0 Å². The number of hydrogen-bond acceptors (Lipinski definition) is 3. The van der Waals surface area contributed by atoms with Crippen LogP contribution in [0.5, 0.6) is 0 Å². The fraction of sp³-hybridized carbons (Fsp3) is 0.263. The highest BCUT2D eigenvalue weighted by atomic mass is 35.5. The SMILES string of the molecule is Cc1ccc(C)c(C(=O)CCC(=O)Nc2cc(N)ccc2C)c1.Cl. The summed E-state index contributed by atoms with van der Waals surface area (Å²) in [6, 6.07) is 11.1. The second-order valence-corrected chi connectivity index (χ2v) is 5.86. The molecule has 0 atom stereocenters. The molecular weight excluding hydrogens is 324 g/mol. The van der Waals surface area contributed by atoms with Gasteiger partial charge in [-0.15, -0.1) is 12.4 Å². The van der Waals surface area contributed by atoms with Gasteiger partial charge in [0.15, 0.2) is 5.78 Å². The highest BCUT2D eigenvalue weighted by molar-refractivity contribution is 6.01. The predicted octanol–water partition coefficient (Wildman–Crippen LogP) is 4.22. The molecule has 0 unspecified atom stereocenters. The molecule has 24 heavy (non-hydrogen) atoms. The first-order chi connectivity index (χ1) is 10.9. The molecule has 2 aromatic rings. The molecule has 0 fully saturated rings. The van der Waals surface area contributed by atoms with Gasteiger partial charge in [0.1, 0.15) is 0 Å². The van der Waals surface area contributed by atoms with Gasteiger partial charge in [-0.25, -0.2) is 0 Å². The van der Waals surface area contributed by atoms with Crippen LogP contribution in [0.4, 0.5) is 11.4 Å². The third-order valence-electron chi connectivity index (χ3n) is 3.81. The molecule has 3 N–H and O–H groups in total. The average Bonchev–Trinajstić information content (AvgIpc) is 2.51. The molecule has 2 aromatic carbocycles. The Morgan fingerprint density at radius 2 is 1.62 bits per heavy atom. The molecule has 0 aliphatic carbocycles. The van der Waals surface area contributed by atoms with Crippen molar-refractivity contribution in [2.24, 2.45) is 0 Å². The Labute approximate surface area is 148 Å². The van der Waals surface area contributed by atoms with Gasteiger partial charge in [-0.2, -0.15) is 0 Å². The molecule has 0 saturated carbocycles. The zero-order valence-corrected chi connectivity index (χ0v) is 15.0. The minimum atomic E-state index is -0.183. The van der Waals surface area contributed by atoms with Gasteiger partial charge in [0, 0.05) is 29.8 Å². The van der Waals surface area contributed by atoms with E-state index in [0.717, 1.165) is 16.7 Å². The van der Waals surface area contributed by atoms with Crippen LogP contribution in [0.15, 0.2) is 36.4 Å². The molecule has 0 saturated heterocycles. The average molecular weight is 347 g/mol. The summed E-state index contributed by atoms with van der Waals surface area (Å²) in [6.07, 6.45) is 0.345. The lowest BCUT2D eigenvalue weighted by atomic mass is 9.99. The normalized spacial score (nSPS) is 9.96. The molecule has 0 aliphatic rings. The van der Waals surface area contributed by atoms with Gasteiger partial charge in [-0.3, -0.25) is 9.59 Å². The van der Waals surface area contributed by atoms with Gasteiger partial charge >= 0.3 is 0 Å². The quantitative estimate of drug-likeness (QED) is 0.629. The molecule has 0 heterocycles. The summed E-state index contributed by atoms with van der Waals surface area (Å²) in [7, 11) is 0. The van der Waals surface area contributed by atoms with E-state index in [1.54, 1.807) is 12.1 Å². The number of amides is 1. The van der Waals surface area contributed by atoms with Crippen molar-refractivity contribution in [3.8, 4) is 0 Å². The summed E-state index contributed by atoms with van der Waals surface area (Å²) < 4.78 is 0. The minimum Gasteiger partial charge on any atom is -0.399 e. The fourth-order valence-electron chi connectivity index (χ4n) is 2.38. The number of nitrogens with one attached hydrogen (secondary N) is 1. The van der Waals surface area contributed by atoms with E-state index < -0.39 is 0 Å². The van der Waals surface area contributed by atoms with Crippen LogP contribution < -0.4 is 11.1 Å². The Kier molecular flexibility index (Phi) is 6.98. The predicted molar refractivity (Wildman–Crippen MR) is 101 cm³/mol. The number of rotatable bonds is 5. The highest BCUT2D eigenvalue weighted by Gasteiger charge is 2.12. The molecule has 1 amide bonds. The fourth-order valence-corrected chi connectivity index (χ4v) is 2.38. The Bertz CT molecular complexity index is 757. The minimum absolute atomic E-state index is 0. The first-order valence-electron chi connectivity index (χ1n) is 7.63. The van der Waals surface area contributed by atoms with Crippen LogP contribution in [0, 0.1) is 20.8 Å². The number of anilines is 2. The van der Waals surface area contributed by atoms with Crippen molar-refractivity contribution in [1.82, 2.24) is 0 Å². The maximum atomic E-state index is 12.3. The Morgan fingerprint density at radius 3 is 2.33 bits per heavy atom. The maximum absolute atomic E-state index is 12.3. The first kappa shape index (κ1) is 19.7. The molecule has 0 spiro atoms. The van der Waals surface area contributed by atoms with Gasteiger partial charge in [0.05, 0.1) is 0 Å². The van der Waals surface area contributed by atoms with Gasteiger partial charge in [-0.05, 0) is 50.1 Å². The van der Waals surface area contributed by atoms with Crippen LogP contribution >= 0.6 is 12.4 Å². The van der Waals surface area contributed by atoms with E-state index in [4.69, 9.17) is 5.73 Å². The Morgan fingerprint density at radius 1 is 0.958 bits per heavy atom. The van der Waals surface area contributed by atoms with E-state index in [-0.39, 0.29) is 36.9 Å². The summed E-state index contributed by atoms with van der Waals surface area (Å²) in [6.45, 7) is 5.75. The van der Waals surface area contributed by atoms with Crippen molar-refractivity contribution in [2.75, 3.05) is 11.1 Å². The van der Waals surface area contributed by atoms with Crippen molar-refractivity contribution in [3.05, 3.63) is 58.7 Å². The van der Waals surface area contributed by atoms with E-state index in [1.807, 2.05) is 45.0 Å². The molecular formula is C19H23ClN2O2. The zero-order chi connectivity index (χ0) is 17.0. The third-order valence-corrected chi connectivity index (χ3v) is 3.81. The van der Waals surface area contributed by atoms with Crippen LogP contribution in [-0.2, 0) is 4.79 Å². The van der Waals surface area contributed by atoms with E-state index in [1.165, 1.54) is 0 Å². The van der Waals surface area contributed by atoms with Crippen LogP contribution in [0.2, 0.25) is 0 Å². The summed E-state index contributed by atoms with van der Waals surface area (Å²) in [5.41, 5.74) is 10.6. The topological polar surface area (TPSA) is 72.2 Å². The van der Waals surface area contributed by atoms with Crippen LogP contribution in [-0.4, -0.2) is 11.7 Å². The van der Waals surface area contributed by atoms with Crippen molar-refractivity contribution in [1.29, 1.82) is 0 Å². The van der Waals surface area contributed by atoms with Gasteiger partial charge < -0.3 is 11.1 Å². The molecule has 0 radical (unpaired) electrons. The number of halogens is 1. The van der Waals surface area contributed by atoms with Crippen molar-refractivity contribution >= 4 is 35.5 Å². The summed E-state index contributed by atoms with van der Waals surface area (Å²) in [5.74, 6) is -0.192. The first-order valence-corrected chi connectivity index (χ1v) is 7.63. The van der Waals surface area contributed by atoms with E-state index in [9.17, 15) is 9.59 Å². The van der Waals surface area contributed by atoms with Gasteiger partial charge in [0.25, 0.3) is 0 Å². The molecule has 0 bridgehead atoms. The Balaban J connectivity index is 0.00000288. The summed E-state index contributed by atoms with van der Waals surface area (Å²) in [4.78, 5) is 24.4. The lowest BCUT2D eigenvalue weighted by Gasteiger charge is -2.10. The monoisotopic (exact) mass is 346 g/mol. The summed E-state index contributed by atoms with van der Waals surface area (Å²) >= 11 is 0. The molecule has 4 nitrogen and oxygen atoms in total. The lowest BCUT2D eigenvalue weighted by molar-refractivity contribution is -0.116. The van der Waals surface area contributed by atoms with Crippen LogP contribution in [0.1, 0.15) is 39.9 Å². The number of benzene rings is 2. The number of carbonyl (C=O) groups excluding carboxylic acids is 2. The van der Waals surface area contributed by atoms with Crippen molar-refractivity contribution < 1.29 is 9.59 Å². The molecule has 0 aliphatic heterocycles. The maximum Gasteiger partial charge on any atom is 0.224 e. The van der Waals surface area contributed by atoms with E-state index >= 15 is 0 Å². The number of aryl methyl sites for hydroxylation is 3. The van der Waals surface area contributed by atoms with Gasteiger partial charge in [-0.1, -0.05) is 23.8 Å². The van der Waals surface area contributed by atoms with E-state index in [0.29, 0.717) is 16.9 Å². The molecule has 0 aromatic heterocycles. The number of Topliss-reactive ketones (excluding diaryl/α,β-unsaturated/α-hetero) is 1. The second-order valence-electron chi connectivity index (χ2n) is 5.86. The lowest BCUT2D eigenvalue weighted by Crippen LogP contribution is -2.14. The zero-order valence-electron chi connectivity index (χ0n) is 14.2. The van der Waals surface area contributed by atoms with Crippen molar-refractivity contribution in [3.63, 3.8) is 0 Å². The number of nitrogens with two attached hydrogens (primary N) is 1. The number of hydrogen-bond donors (Lipinski definition) is 2. The van der Waals surface area contributed by atoms with Crippen molar-refractivity contribution in [2.45, 2.75) is 33.6 Å². The summed E-state index contributed by atoms with van der Waals surface area (Å²) in [5, 5.41) is 2.81. The Hall–Kier alpha value is -2.33. The molecule has 128 valence electrons. The smallest absolute Gasteiger partial charge is 0.224 e. The second kappa shape index (κ2) is 8.50.